The monoisotopic (exact) mass is 552 g/mol. The van der Waals surface area contributed by atoms with E-state index in [1.807, 2.05) is 0 Å². The summed E-state index contributed by atoms with van der Waals surface area (Å²) in [5.41, 5.74) is 0. The van der Waals surface area contributed by atoms with Crippen LogP contribution >= 0.6 is 0 Å². The largest absolute Gasteiger partial charge is 1.00 e. The number of hydrogen-bond donors (Lipinski definition) is 0. The molecule has 0 amide bonds. The van der Waals surface area contributed by atoms with E-state index in [4.69, 9.17) is 0 Å². The summed E-state index contributed by atoms with van der Waals surface area (Å²) in [6.45, 7) is 0.310. The third-order valence-corrected chi connectivity index (χ3v) is 4.45. The third-order valence-electron chi connectivity index (χ3n) is 3.28. The number of rotatable bonds is 9. The molecule has 0 N–H and O–H groups in total. The zero-order valence-electron chi connectivity index (χ0n) is 15.8. The third kappa shape index (κ3) is 4.77. The van der Waals surface area contributed by atoms with Crippen molar-refractivity contribution < 1.29 is 118 Å². The van der Waals surface area contributed by atoms with E-state index in [9.17, 15) is 83.1 Å². The fourth-order valence-corrected chi connectivity index (χ4v) is 1.96. The van der Waals surface area contributed by atoms with Gasteiger partial charge in [-0.05, 0) is 6.92 Å². The topological polar surface area (TPSA) is 43.4 Å². The smallest absolute Gasteiger partial charge is 1.00 e. The van der Waals surface area contributed by atoms with Crippen molar-refractivity contribution >= 4 is 10.1 Å². The Hall–Kier alpha value is -0.280. The molecule has 0 saturated carbocycles. The predicted octanol–water partition coefficient (Wildman–Crippen LogP) is 2.44. The van der Waals surface area contributed by atoms with Crippen molar-refractivity contribution in [1.29, 1.82) is 0 Å². The summed E-state index contributed by atoms with van der Waals surface area (Å²) < 4.78 is 242. The second kappa shape index (κ2) is 8.74. The molecule has 3 nitrogen and oxygen atoms in total. The van der Waals surface area contributed by atoms with Crippen LogP contribution in [0.3, 0.4) is 0 Å². The van der Waals surface area contributed by atoms with Gasteiger partial charge < -0.3 is 1.43 Å². The SMILES string of the molecule is CCS(=O)(=O)OC(F)(F)C(F)(F)C(F)(F)C(F)(F)C(F)(F)C(F)(F)C(F)(F)C(F)(F)F.[H-].[Na+]. The standard InChI is InChI=1S/C10H5F17O3S.Na.H/c1-2-31(28,29)30-10(26,27)8(21,22)6(17,18)4(13,14)3(11,12)5(15,16)7(19,20)9(23,24)25;;/h2H2,1H3;;/q;+1;-1. The summed E-state index contributed by atoms with van der Waals surface area (Å²) in [7, 11) is -5.99. The molecule has 0 heterocycles. The molecule has 0 radical (unpaired) electrons. The molecule has 0 saturated heterocycles. The molecule has 0 aliphatic carbocycles. The molecular formula is C10H6F17NaO3S. The molecule has 0 aliphatic heterocycles. The van der Waals surface area contributed by atoms with Crippen LogP contribution in [0.25, 0.3) is 0 Å². The number of hydrogen-bond acceptors (Lipinski definition) is 3. The van der Waals surface area contributed by atoms with Gasteiger partial charge in [0.05, 0.1) is 5.75 Å². The van der Waals surface area contributed by atoms with Crippen molar-refractivity contribution in [3.8, 4) is 0 Å². The van der Waals surface area contributed by atoms with Crippen LogP contribution in [0.2, 0.25) is 0 Å². The van der Waals surface area contributed by atoms with E-state index in [2.05, 4.69) is 4.18 Å². The second-order valence-corrected chi connectivity index (χ2v) is 7.25. The summed E-state index contributed by atoms with van der Waals surface area (Å²) >= 11 is 0. The molecule has 0 aromatic carbocycles. The molecule has 0 spiro atoms. The second-order valence-electron chi connectivity index (χ2n) is 5.39. The van der Waals surface area contributed by atoms with Gasteiger partial charge in [0, 0.05) is 0 Å². The van der Waals surface area contributed by atoms with Crippen molar-refractivity contribution in [1.82, 2.24) is 0 Å². The summed E-state index contributed by atoms with van der Waals surface area (Å²) in [6.07, 6.45) is -15.3. The fourth-order valence-electron chi connectivity index (χ4n) is 1.42. The molecule has 0 rings (SSSR count). The predicted molar refractivity (Wildman–Crippen MR) is 62.3 cm³/mol. The van der Waals surface area contributed by atoms with Gasteiger partial charge in [-0.1, -0.05) is 0 Å². The zero-order chi connectivity index (χ0) is 25.9. The number of alkyl halides is 17. The molecule has 0 fully saturated rings. The van der Waals surface area contributed by atoms with E-state index in [1.54, 1.807) is 0 Å². The van der Waals surface area contributed by atoms with Crippen molar-refractivity contribution in [2.24, 2.45) is 0 Å². The molecule has 190 valence electrons. The van der Waals surface area contributed by atoms with Crippen LogP contribution in [-0.4, -0.2) is 62.0 Å². The molecule has 0 aromatic heterocycles. The van der Waals surface area contributed by atoms with Crippen LogP contribution in [-0.2, 0) is 14.3 Å². The molecule has 0 aliphatic rings. The normalized spacial score (nSPS) is 16.1. The zero-order valence-corrected chi connectivity index (χ0v) is 17.6. The molecule has 0 atom stereocenters. The molecule has 22 heteroatoms. The van der Waals surface area contributed by atoms with E-state index >= 15 is 0 Å². The van der Waals surface area contributed by atoms with Crippen molar-refractivity contribution in [2.45, 2.75) is 54.7 Å². The Kier molecular flexibility index (Phi) is 9.26. The van der Waals surface area contributed by atoms with Crippen molar-refractivity contribution in [3.63, 3.8) is 0 Å². The molecule has 0 unspecified atom stereocenters. The first-order chi connectivity index (χ1) is 13.0. The summed E-state index contributed by atoms with van der Waals surface area (Å²) in [5, 5.41) is 0. The van der Waals surface area contributed by atoms with Crippen LogP contribution in [0.5, 0.6) is 0 Å². The average Bonchev–Trinajstić information content (AvgIpc) is 2.51. The van der Waals surface area contributed by atoms with Gasteiger partial charge in [0.15, 0.2) is 0 Å². The molecule has 32 heavy (non-hydrogen) atoms. The molecule has 0 aromatic rings. The van der Waals surface area contributed by atoms with E-state index in [1.165, 1.54) is 0 Å². The van der Waals surface area contributed by atoms with Crippen molar-refractivity contribution in [3.05, 3.63) is 0 Å². The van der Waals surface area contributed by atoms with Crippen LogP contribution in [0.15, 0.2) is 0 Å². The molecular weight excluding hydrogens is 546 g/mol. The summed E-state index contributed by atoms with van der Waals surface area (Å²) in [6, 6.07) is 0. The minimum Gasteiger partial charge on any atom is -1.00 e. The summed E-state index contributed by atoms with van der Waals surface area (Å²) in [4.78, 5) is 0. The van der Waals surface area contributed by atoms with Gasteiger partial charge >= 0.3 is 77.4 Å². The Labute approximate surface area is 189 Å². The van der Waals surface area contributed by atoms with Crippen LogP contribution in [0.4, 0.5) is 74.6 Å². The number of halogens is 17. The van der Waals surface area contributed by atoms with E-state index in [0.717, 1.165) is 0 Å². The van der Waals surface area contributed by atoms with E-state index in [-0.39, 0.29) is 31.0 Å². The Morgan fingerprint density at radius 3 is 1.06 bits per heavy atom. The van der Waals surface area contributed by atoms with Crippen LogP contribution in [0, 0.1) is 0 Å². The van der Waals surface area contributed by atoms with Gasteiger partial charge in [0.2, 0.25) is 0 Å². The Balaban J connectivity index is -0.00000450. The quantitative estimate of drug-likeness (QED) is 0.251. The maximum Gasteiger partial charge on any atom is 1.00 e. The average molecular weight is 552 g/mol. The Bertz CT molecular complexity index is 778. The minimum atomic E-state index is -8.79. The fraction of sp³-hybridized carbons (Fsp3) is 1.00. The van der Waals surface area contributed by atoms with E-state index < -0.39 is 63.7 Å². The molecule has 0 bridgehead atoms. The minimum absolute atomic E-state index is 0. The Morgan fingerprint density at radius 1 is 0.562 bits per heavy atom. The van der Waals surface area contributed by atoms with Gasteiger partial charge in [0.25, 0.3) is 10.1 Å². The first-order valence-electron chi connectivity index (χ1n) is 6.66. The van der Waals surface area contributed by atoms with Crippen LogP contribution in [0.1, 0.15) is 8.35 Å². The van der Waals surface area contributed by atoms with E-state index in [0.29, 0.717) is 6.92 Å². The van der Waals surface area contributed by atoms with Gasteiger partial charge in [-0.3, -0.25) is 0 Å². The summed E-state index contributed by atoms with van der Waals surface area (Å²) in [5.74, 6) is -53.0. The van der Waals surface area contributed by atoms with Gasteiger partial charge in [-0.25, -0.2) is 0 Å². The Morgan fingerprint density at radius 2 is 0.812 bits per heavy atom. The van der Waals surface area contributed by atoms with Gasteiger partial charge in [0.1, 0.15) is 0 Å². The van der Waals surface area contributed by atoms with Gasteiger partial charge in [-0.2, -0.15) is 87.2 Å². The first-order valence-corrected chi connectivity index (χ1v) is 8.24. The maximum atomic E-state index is 13.3. The maximum absolute atomic E-state index is 13.3. The van der Waals surface area contributed by atoms with Crippen LogP contribution < -0.4 is 29.6 Å². The van der Waals surface area contributed by atoms with Crippen molar-refractivity contribution in [2.75, 3.05) is 5.75 Å². The van der Waals surface area contributed by atoms with Gasteiger partial charge in [-0.15, -0.1) is 0 Å². The first kappa shape index (κ1) is 33.9.